The lowest BCUT2D eigenvalue weighted by atomic mass is 10.3. The van der Waals surface area contributed by atoms with Crippen molar-refractivity contribution in [1.82, 2.24) is 15.0 Å². The normalized spacial score (nSPS) is 11.0. The summed E-state index contributed by atoms with van der Waals surface area (Å²) in [6, 6.07) is 5.42. The summed E-state index contributed by atoms with van der Waals surface area (Å²) in [5.41, 5.74) is 2.13. The van der Waals surface area contributed by atoms with Gasteiger partial charge in [-0.3, -0.25) is 0 Å². The molecule has 0 saturated heterocycles. The Hall–Kier alpha value is -2.01. The molecule has 3 aromatic rings. The molecule has 0 unspecified atom stereocenters. The first kappa shape index (κ1) is 11.1. The zero-order valence-corrected chi connectivity index (χ0v) is 10.4. The Morgan fingerprint density at radius 2 is 2.22 bits per heavy atom. The Morgan fingerprint density at radius 1 is 1.33 bits per heavy atom. The number of pyridine rings is 1. The average molecular weight is 264 g/mol. The molecule has 0 aromatic carbocycles. The van der Waals surface area contributed by atoms with E-state index in [9.17, 15) is 0 Å². The third-order valence-electron chi connectivity index (χ3n) is 2.49. The summed E-state index contributed by atoms with van der Waals surface area (Å²) in [5, 5.41) is 0.305. The average Bonchev–Trinajstić information content (AvgIpc) is 2.94. The number of fused-ring (bicyclic) bond motifs is 1. The molecule has 0 aliphatic heterocycles. The number of rotatable bonds is 3. The lowest BCUT2D eigenvalue weighted by molar-refractivity contribution is 0.328. The maximum atomic E-state index is 5.91. The van der Waals surface area contributed by atoms with Crippen LogP contribution >= 0.6 is 11.6 Å². The van der Waals surface area contributed by atoms with Gasteiger partial charge in [0.2, 0.25) is 11.1 Å². The monoisotopic (exact) mass is 263 g/mol. The Labute approximate surface area is 108 Å². The molecule has 5 nitrogen and oxygen atoms in total. The molecule has 0 fully saturated rings. The minimum atomic E-state index is 0.305. The van der Waals surface area contributed by atoms with Crippen molar-refractivity contribution in [3.63, 3.8) is 0 Å². The second kappa shape index (κ2) is 4.34. The van der Waals surface area contributed by atoms with Gasteiger partial charge in [-0.25, -0.2) is 4.98 Å². The molecule has 18 heavy (non-hydrogen) atoms. The van der Waals surface area contributed by atoms with Crippen molar-refractivity contribution in [3.05, 3.63) is 29.7 Å². The van der Waals surface area contributed by atoms with Crippen LogP contribution in [0.4, 0.5) is 0 Å². The molecule has 92 valence electrons. The van der Waals surface area contributed by atoms with Crippen LogP contribution in [0.1, 0.15) is 6.92 Å². The molecule has 0 amide bonds. The fourth-order valence-corrected chi connectivity index (χ4v) is 1.90. The maximum absolute atomic E-state index is 5.91. The number of aromatic amines is 1. The molecule has 1 N–H and O–H groups in total. The van der Waals surface area contributed by atoms with E-state index in [2.05, 4.69) is 15.0 Å². The topological polar surface area (TPSA) is 63.9 Å². The molecule has 6 heteroatoms. The number of nitrogens with zero attached hydrogens (tertiary/aromatic N) is 2. The number of aromatic nitrogens is 3. The lowest BCUT2D eigenvalue weighted by Crippen LogP contribution is -1.93. The Morgan fingerprint density at radius 3 is 2.94 bits per heavy atom. The van der Waals surface area contributed by atoms with Crippen LogP contribution in [0, 0.1) is 0 Å². The van der Waals surface area contributed by atoms with Crippen LogP contribution in [0.3, 0.4) is 0 Å². The van der Waals surface area contributed by atoms with Gasteiger partial charge in [-0.05, 0) is 30.7 Å². The van der Waals surface area contributed by atoms with E-state index in [1.54, 1.807) is 12.1 Å². The van der Waals surface area contributed by atoms with E-state index >= 15 is 0 Å². The molecule has 3 heterocycles. The summed E-state index contributed by atoms with van der Waals surface area (Å²) >= 11 is 5.91. The maximum Gasteiger partial charge on any atom is 0.215 e. The second-order valence-electron chi connectivity index (χ2n) is 3.65. The lowest BCUT2D eigenvalue weighted by Gasteiger charge is -1.99. The fourth-order valence-electron chi connectivity index (χ4n) is 1.69. The van der Waals surface area contributed by atoms with Crippen LogP contribution in [-0.4, -0.2) is 21.6 Å². The van der Waals surface area contributed by atoms with E-state index in [0.29, 0.717) is 34.7 Å². The highest BCUT2D eigenvalue weighted by Gasteiger charge is 2.12. The number of imidazole rings is 1. The van der Waals surface area contributed by atoms with Crippen molar-refractivity contribution in [2.24, 2.45) is 0 Å². The number of nitrogens with one attached hydrogen (secondary N) is 1. The van der Waals surface area contributed by atoms with Crippen LogP contribution in [0.2, 0.25) is 5.22 Å². The van der Waals surface area contributed by atoms with Crippen molar-refractivity contribution in [1.29, 1.82) is 0 Å². The van der Waals surface area contributed by atoms with Gasteiger partial charge in [0.25, 0.3) is 0 Å². The van der Waals surface area contributed by atoms with E-state index in [0.717, 1.165) is 5.52 Å². The van der Waals surface area contributed by atoms with Crippen molar-refractivity contribution < 1.29 is 9.15 Å². The van der Waals surface area contributed by atoms with E-state index in [1.807, 2.05) is 13.0 Å². The first-order valence-electron chi connectivity index (χ1n) is 5.51. The van der Waals surface area contributed by atoms with Crippen LogP contribution < -0.4 is 4.74 Å². The zero-order valence-electron chi connectivity index (χ0n) is 9.61. The summed E-state index contributed by atoms with van der Waals surface area (Å²) in [7, 11) is 0. The number of H-pyrrole nitrogens is 1. The highest BCUT2D eigenvalue weighted by molar-refractivity contribution is 6.31. The summed E-state index contributed by atoms with van der Waals surface area (Å²) in [6.45, 7) is 2.48. The summed E-state index contributed by atoms with van der Waals surface area (Å²) in [5.74, 6) is 1.19. The highest BCUT2D eigenvalue weighted by atomic mass is 35.5. The predicted octanol–water partition coefficient (Wildman–Crippen LogP) is 3.27. The van der Waals surface area contributed by atoms with Crippen LogP contribution in [0.25, 0.3) is 22.6 Å². The standard InChI is InChI=1S/C12H10ClN3O2/c1-2-17-9-4-3-8-12(15-9)16-11(14-8)7-5-6-18-10(7)13/h3-6H,2H2,1H3,(H,14,15,16). The summed E-state index contributed by atoms with van der Waals surface area (Å²) in [4.78, 5) is 11.8. The number of ether oxygens (including phenoxy) is 1. The predicted molar refractivity (Wildman–Crippen MR) is 67.8 cm³/mol. The van der Waals surface area contributed by atoms with Gasteiger partial charge < -0.3 is 14.1 Å². The molecule has 0 spiro atoms. The molecule has 0 atom stereocenters. The van der Waals surface area contributed by atoms with Crippen LogP contribution in [-0.2, 0) is 0 Å². The molecule has 0 saturated carbocycles. The van der Waals surface area contributed by atoms with E-state index in [-0.39, 0.29) is 0 Å². The van der Waals surface area contributed by atoms with Gasteiger partial charge in [0, 0.05) is 6.07 Å². The van der Waals surface area contributed by atoms with Crippen LogP contribution in [0.15, 0.2) is 28.9 Å². The zero-order chi connectivity index (χ0) is 12.5. The van der Waals surface area contributed by atoms with E-state index < -0.39 is 0 Å². The summed E-state index contributed by atoms with van der Waals surface area (Å²) in [6.07, 6.45) is 1.52. The number of hydrogen-bond donors (Lipinski definition) is 1. The number of hydrogen-bond acceptors (Lipinski definition) is 4. The Bertz CT molecular complexity index is 690. The van der Waals surface area contributed by atoms with Crippen molar-refractivity contribution in [2.75, 3.05) is 6.61 Å². The molecule has 0 aliphatic carbocycles. The van der Waals surface area contributed by atoms with Gasteiger partial charge in [-0.15, -0.1) is 0 Å². The molecular weight excluding hydrogens is 254 g/mol. The minimum Gasteiger partial charge on any atom is -0.478 e. The SMILES string of the molecule is CCOc1ccc2[nH]c(-c3ccoc3Cl)nc2n1. The van der Waals surface area contributed by atoms with Gasteiger partial charge in [-0.1, -0.05) is 0 Å². The van der Waals surface area contributed by atoms with Gasteiger partial charge >= 0.3 is 0 Å². The molecule has 0 radical (unpaired) electrons. The van der Waals surface area contributed by atoms with Gasteiger partial charge in [-0.2, -0.15) is 4.98 Å². The molecular formula is C12H10ClN3O2. The molecule has 3 aromatic heterocycles. The second-order valence-corrected chi connectivity index (χ2v) is 3.99. The van der Waals surface area contributed by atoms with Gasteiger partial charge in [0.1, 0.15) is 5.82 Å². The highest BCUT2D eigenvalue weighted by Crippen LogP contribution is 2.28. The Kier molecular flexibility index (Phi) is 2.68. The van der Waals surface area contributed by atoms with Crippen molar-refractivity contribution >= 4 is 22.8 Å². The molecule has 3 rings (SSSR count). The van der Waals surface area contributed by atoms with E-state index in [4.69, 9.17) is 20.8 Å². The summed E-state index contributed by atoms with van der Waals surface area (Å²) < 4.78 is 10.4. The quantitative estimate of drug-likeness (QED) is 0.788. The number of furan rings is 1. The van der Waals surface area contributed by atoms with Crippen LogP contribution in [0.5, 0.6) is 5.88 Å². The van der Waals surface area contributed by atoms with Gasteiger partial charge in [0.05, 0.1) is 24.0 Å². The van der Waals surface area contributed by atoms with Crippen molar-refractivity contribution in [2.45, 2.75) is 6.92 Å². The third-order valence-corrected chi connectivity index (χ3v) is 2.78. The third kappa shape index (κ3) is 1.82. The largest absolute Gasteiger partial charge is 0.478 e. The Balaban J connectivity index is 2.08. The minimum absolute atomic E-state index is 0.305. The molecule has 0 aliphatic rings. The molecule has 0 bridgehead atoms. The fraction of sp³-hybridized carbons (Fsp3) is 0.167. The first-order chi connectivity index (χ1) is 8.78. The number of halogens is 1. The first-order valence-corrected chi connectivity index (χ1v) is 5.88. The van der Waals surface area contributed by atoms with Crippen molar-refractivity contribution in [3.8, 4) is 17.3 Å². The smallest absolute Gasteiger partial charge is 0.215 e. The van der Waals surface area contributed by atoms with E-state index in [1.165, 1.54) is 6.26 Å². The van der Waals surface area contributed by atoms with Gasteiger partial charge in [0.15, 0.2) is 5.65 Å².